The summed E-state index contributed by atoms with van der Waals surface area (Å²) < 4.78 is 28.7. The molecular weight excluding hydrogens is 305 g/mol. The lowest BCUT2D eigenvalue weighted by atomic mass is 10.3. The SMILES string of the molecule is COCc1cc(COc2ccc(F)c(Br)c2)no1. The lowest BCUT2D eigenvalue weighted by molar-refractivity contribution is 0.155. The van der Waals surface area contributed by atoms with Gasteiger partial charge >= 0.3 is 0 Å². The van der Waals surface area contributed by atoms with E-state index in [0.29, 0.717) is 28.3 Å². The molecule has 0 unspecified atom stereocenters. The fourth-order valence-corrected chi connectivity index (χ4v) is 1.72. The summed E-state index contributed by atoms with van der Waals surface area (Å²) in [5.74, 6) is 0.863. The van der Waals surface area contributed by atoms with Crippen molar-refractivity contribution in [1.29, 1.82) is 0 Å². The van der Waals surface area contributed by atoms with Crippen LogP contribution >= 0.6 is 15.9 Å². The van der Waals surface area contributed by atoms with Crippen molar-refractivity contribution in [1.82, 2.24) is 5.16 Å². The van der Waals surface area contributed by atoms with E-state index in [1.165, 1.54) is 6.07 Å². The van der Waals surface area contributed by atoms with Crippen LogP contribution < -0.4 is 4.74 Å². The van der Waals surface area contributed by atoms with Gasteiger partial charge in [0.15, 0.2) is 5.76 Å². The van der Waals surface area contributed by atoms with Gasteiger partial charge in [0.1, 0.15) is 30.5 Å². The second-order valence-corrected chi connectivity index (χ2v) is 4.44. The minimum absolute atomic E-state index is 0.255. The van der Waals surface area contributed by atoms with E-state index in [1.54, 1.807) is 25.3 Å². The zero-order chi connectivity index (χ0) is 13.0. The van der Waals surface area contributed by atoms with Gasteiger partial charge in [-0.1, -0.05) is 5.16 Å². The van der Waals surface area contributed by atoms with E-state index < -0.39 is 0 Å². The number of ether oxygens (including phenoxy) is 2. The number of hydrogen-bond donors (Lipinski definition) is 0. The van der Waals surface area contributed by atoms with Crippen molar-refractivity contribution in [2.75, 3.05) is 7.11 Å². The van der Waals surface area contributed by atoms with Crippen LogP contribution in [0.5, 0.6) is 5.75 Å². The first-order valence-electron chi connectivity index (χ1n) is 5.20. The van der Waals surface area contributed by atoms with Gasteiger partial charge in [0.2, 0.25) is 0 Å². The number of aromatic nitrogens is 1. The van der Waals surface area contributed by atoms with Crippen LogP contribution in [0.2, 0.25) is 0 Å². The molecule has 0 amide bonds. The van der Waals surface area contributed by atoms with E-state index in [-0.39, 0.29) is 12.4 Å². The second kappa shape index (κ2) is 5.97. The number of nitrogens with zero attached hydrogens (tertiary/aromatic N) is 1. The van der Waals surface area contributed by atoms with E-state index in [9.17, 15) is 4.39 Å². The molecule has 0 N–H and O–H groups in total. The van der Waals surface area contributed by atoms with Crippen LogP contribution in [-0.2, 0) is 18.0 Å². The number of hydrogen-bond acceptors (Lipinski definition) is 4. The standard InChI is InChI=1S/C12H11BrFNO3/c1-16-7-10-4-8(15-18-10)6-17-9-2-3-12(14)11(13)5-9/h2-5H,6-7H2,1H3. The lowest BCUT2D eigenvalue weighted by Gasteiger charge is -2.04. The van der Waals surface area contributed by atoms with Crippen molar-refractivity contribution in [2.24, 2.45) is 0 Å². The van der Waals surface area contributed by atoms with Crippen molar-refractivity contribution in [2.45, 2.75) is 13.2 Å². The average molecular weight is 316 g/mol. The summed E-state index contributed by atoms with van der Waals surface area (Å²) in [6, 6.07) is 6.20. The predicted molar refractivity (Wildman–Crippen MR) is 65.6 cm³/mol. The first-order chi connectivity index (χ1) is 8.69. The van der Waals surface area contributed by atoms with Crippen LogP contribution in [0, 0.1) is 5.82 Å². The largest absolute Gasteiger partial charge is 0.487 e. The molecule has 0 saturated heterocycles. The van der Waals surface area contributed by atoms with Crippen LogP contribution in [-0.4, -0.2) is 12.3 Å². The van der Waals surface area contributed by atoms with Crippen molar-refractivity contribution in [3.05, 3.63) is 46.0 Å². The summed E-state index contributed by atoms with van der Waals surface area (Å²) >= 11 is 3.09. The molecule has 6 heteroatoms. The Kier molecular flexibility index (Phi) is 4.33. The summed E-state index contributed by atoms with van der Waals surface area (Å²) in [6.07, 6.45) is 0. The Hall–Kier alpha value is -1.40. The summed E-state index contributed by atoms with van der Waals surface area (Å²) in [5.41, 5.74) is 0.655. The maximum absolute atomic E-state index is 13.0. The van der Waals surface area contributed by atoms with Crippen molar-refractivity contribution in [3.63, 3.8) is 0 Å². The maximum atomic E-state index is 13.0. The van der Waals surface area contributed by atoms with Gasteiger partial charge in [-0.2, -0.15) is 0 Å². The Labute approximate surface area is 112 Å². The van der Waals surface area contributed by atoms with E-state index in [2.05, 4.69) is 21.1 Å². The van der Waals surface area contributed by atoms with Gasteiger partial charge in [-0.3, -0.25) is 0 Å². The molecule has 0 spiro atoms. The number of benzene rings is 1. The third-order valence-electron chi connectivity index (χ3n) is 2.17. The molecule has 1 aromatic carbocycles. The van der Waals surface area contributed by atoms with E-state index in [4.69, 9.17) is 14.0 Å². The fourth-order valence-electron chi connectivity index (χ4n) is 1.36. The van der Waals surface area contributed by atoms with Gasteiger partial charge in [0, 0.05) is 13.2 Å². The molecule has 1 heterocycles. The van der Waals surface area contributed by atoms with Gasteiger partial charge in [-0.05, 0) is 34.1 Å². The number of halogens is 2. The highest BCUT2D eigenvalue weighted by atomic mass is 79.9. The summed E-state index contributed by atoms with van der Waals surface area (Å²) in [4.78, 5) is 0. The molecule has 0 aliphatic heterocycles. The molecule has 0 saturated carbocycles. The molecule has 0 atom stereocenters. The first-order valence-corrected chi connectivity index (χ1v) is 5.99. The van der Waals surface area contributed by atoms with E-state index >= 15 is 0 Å². The van der Waals surface area contributed by atoms with Gasteiger partial charge < -0.3 is 14.0 Å². The van der Waals surface area contributed by atoms with Crippen LogP contribution in [0.3, 0.4) is 0 Å². The van der Waals surface area contributed by atoms with Crippen LogP contribution in [0.4, 0.5) is 4.39 Å². The van der Waals surface area contributed by atoms with Crippen LogP contribution in [0.15, 0.2) is 33.3 Å². The third-order valence-corrected chi connectivity index (χ3v) is 2.78. The molecule has 2 aromatic rings. The minimum atomic E-state index is -0.328. The molecule has 0 aliphatic rings. The van der Waals surface area contributed by atoms with Gasteiger partial charge in [-0.25, -0.2) is 4.39 Å². The molecule has 0 fully saturated rings. The number of methoxy groups -OCH3 is 1. The second-order valence-electron chi connectivity index (χ2n) is 3.58. The third kappa shape index (κ3) is 3.30. The highest BCUT2D eigenvalue weighted by Crippen LogP contribution is 2.22. The molecule has 4 nitrogen and oxygen atoms in total. The van der Waals surface area contributed by atoms with Crippen molar-refractivity contribution in [3.8, 4) is 5.75 Å². The Morgan fingerprint density at radius 2 is 2.17 bits per heavy atom. The topological polar surface area (TPSA) is 44.5 Å². The molecule has 96 valence electrons. The Morgan fingerprint density at radius 1 is 1.33 bits per heavy atom. The Bertz CT molecular complexity index is 530. The minimum Gasteiger partial charge on any atom is -0.487 e. The molecule has 0 aliphatic carbocycles. The lowest BCUT2D eigenvalue weighted by Crippen LogP contribution is -1.95. The van der Waals surface area contributed by atoms with Crippen molar-refractivity contribution < 1.29 is 18.4 Å². The van der Waals surface area contributed by atoms with Gasteiger partial charge in [-0.15, -0.1) is 0 Å². The Balaban J connectivity index is 1.95. The highest BCUT2D eigenvalue weighted by Gasteiger charge is 2.06. The highest BCUT2D eigenvalue weighted by molar-refractivity contribution is 9.10. The van der Waals surface area contributed by atoms with E-state index in [1.807, 2.05) is 0 Å². The number of rotatable bonds is 5. The molecular formula is C12H11BrFNO3. The van der Waals surface area contributed by atoms with E-state index in [0.717, 1.165) is 0 Å². The normalized spacial score (nSPS) is 10.6. The average Bonchev–Trinajstić information content (AvgIpc) is 2.79. The summed E-state index contributed by atoms with van der Waals surface area (Å²) in [6.45, 7) is 0.625. The van der Waals surface area contributed by atoms with Crippen LogP contribution in [0.25, 0.3) is 0 Å². The smallest absolute Gasteiger partial charge is 0.162 e. The fraction of sp³-hybridized carbons (Fsp3) is 0.250. The molecule has 2 rings (SSSR count). The molecule has 0 radical (unpaired) electrons. The van der Waals surface area contributed by atoms with Gasteiger partial charge in [0.25, 0.3) is 0 Å². The van der Waals surface area contributed by atoms with Gasteiger partial charge in [0.05, 0.1) is 4.47 Å². The molecule has 1 aromatic heterocycles. The first kappa shape index (κ1) is 13.0. The quantitative estimate of drug-likeness (QED) is 0.849. The zero-order valence-corrected chi connectivity index (χ0v) is 11.2. The monoisotopic (exact) mass is 315 g/mol. The molecule has 0 bridgehead atoms. The Morgan fingerprint density at radius 3 is 2.89 bits per heavy atom. The van der Waals surface area contributed by atoms with Crippen molar-refractivity contribution >= 4 is 15.9 Å². The summed E-state index contributed by atoms with van der Waals surface area (Å²) in [7, 11) is 1.58. The van der Waals surface area contributed by atoms with Crippen LogP contribution in [0.1, 0.15) is 11.5 Å². The molecule has 18 heavy (non-hydrogen) atoms. The summed E-state index contributed by atoms with van der Waals surface area (Å²) in [5, 5.41) is 3.82. The predicted octanol–water partition coefficient (Wildman–Crippen LogP) is 3.30. The zero-order valence-electron chi connectivity index (χ0n) is 9.65. The maximum Gasteiger partial charge on any atom is 0.162 e.